The summed E-state index contributed by atoms with van der Waals surface area (Å²) in [6.07, 6.45) is 3.87. The molecule has 1 aromatic carbocycles. The van der Waals surface area contributed by atoms with Gasteiger partial charge >= 0.3 is 0 Å². The Morgan fingerprint density at radius 2 is 1.80 bits per heavy atom. The van der Waals surface area contributed by atoms with Crippen LogP contribution in [0.25, 0.3) is 5.69 Å². The predicted molar refractivity (Wildman–Crippen MR) is 75.6 cm³/mol. The van der Waals surface area contributed by atoms with Crippen LogP contribution < -0.4 is 0 Å². The molecule has 0 atom stereocenters. The van der Waals surface area contributed by atoms with Crippen molar-refractivity contribution in [1.29, 1.82) is 5.26 Å². The number of nitrogens with zero attached hydrogens (tertiary/aromatic N) is 3. The molecule has 4 heteroatoms. The largest absolute Gasteiger partial charge is 0.337 e. The normalized spacial score (nSPS) is 14.2. The van der Waals surface area contributed by atoms with E-state index in [2.05, 4.69) is 6.07 Å². The highest BCUT2D eigenvalue weighted by molar-refractivity contribution is 5.96. The number of amides is 1. The highest BCUT2D eigenvalue weighted by Crippen LogP contribution is 2.20. The first-order chi connectivity index (χ1) is 9.81. The Hall–Kier alpha value is -2.54. The summed E-state index contributed by atoms with van der Waals surface area (Å²) in [5.74, 6) is -0.0482. The van der Waals surface area contributed by atoms with Gasteiger partial charge in [0.05, 0.1) is 5.56 Å². The second-order valence-corrected chi connectivity index (χ2v) is 4.89. The highest BCUT2D eigenvalue weighted by Gasteiger charge is 2.25. The quantitative estimate of drug-likeness (QED) is 0.838. The predicted octanol–water partition coefficient (Wildman–Crippen LogP) is 2.58. The molecule has 2 aromatic rings. The third-order valence-electron chi connectivity index (χ3n) is 3.64. The summed E-state index contributed by atoms with van der Waals surface area (Å²) in [7, 11) is 0. The number of carbonyl (C=O) groups is 1. The number of benzene rings is 1. The minimum absolute atomic E-state index is 0.0482. The van der Waals surface area contributed by atoms with Gasteiger partial charge in [-0.2, -0.15) is 5.26 Å². The molecule has 0 aliphatic carbocycles. The van der Waals surface area contributed by atoms with Crippen molar-refractivity contribution in [3.05, 3.63) is 53.9 Å². The lowest BCUT2D eigenvalue weighted by Crippen LogP contribution is -2.30. The first-order valence-corrected chi connectivity index (χ1v) is 6.77. The van der Waals surface area contributed by atoms with Crippen molar-refractivity contribution in [2.75, 3.05) is 13.1 Å². The lowest BCUT2D eigenvalue weighted by molar-refractivity contribution is 0.0784. The van der Waals surface area contributed by atoms with Gasteiger partial charge in [-0.05, 0) is 31.0 Å². The van der Waals surface area contributed by atoms with Crippen LogP contribution in [-0.4, -0.2) is 28.5 Å². The van der Waals surface area contributed by atoms with Crippen LogP contribution in [0.4, 0.5) is 0 Å². The Labute approximate surface area is 117 Å². The zero-order valence-corrected chi connectivity index (χ0v) is 11.1. The van der Waals surface area contributed by atoms with E-state index in [9.17, 15) is 10.1 Å². The molecule has 2 heterocycles. The summed E-state index contributed by atoms with van der Waals surface area (Å²) in [5.41, 5.74) is 1.81. The summed E-state index contributed by atoms with van der Waals surface area (Å²) < 4.78 is 1.80. The molecule has 1 aliphatic heterocycles. The standard InChI is InChI=1S/C16H15N3O/c17-12-13-8-11-19(14-6-2-1-3-7-14)15(13)16(20)18-9-4-5-10-18/h1-3,6-8,11H,4-5,9-10H2. The smallest absolute Gasteiger partial charge is 0.272 e. The molecule has 0 spiro atoms. The molecule has 0 radical (unpaired) electrons. The van der Waals surface area contributed by atoms with Gasteiger partial charge in [-0.1, -0.05) is 18.2 Å². The Morgan fingerprint density at radius 1 is 1.10 bits per heavy atom. The lowest BCUT2D eigenvalue weighted by Gasteiger charge is -2.17. The van der Waals surface area contributed by atoms with E-state index < -0.39 is 0 Å². The van der Waals surface area contributed by atoms with Crippen LogP contribution in [0.5, 0.6) is 0 Å². The van der Waals surface area contributed by atoms with E-state index in [-0.39, 0.29) is 5.91 Å². The van der Waals surface area contributed by atoms with Crippen LogP contribution in [0.2, 0.25) is 0 Å². The first kappa shape index (κ1) is 12.5. The highest BCUT2D eigenvalue weighted by atomic mass is 16.2. The number of nitriles is 1. The minimum atomic E-state index is -0.0482. The summed E-state index contributed by atoms with van der Waals surface area (Å²) in [6, 6.07) is 13.5. The molecule has 1 fully saturated rings. The number of carbonyl (C=O) groups excluding carboxylic acids is 1. The van der Waals surface area contributed by atoms with E-state index in [0.717, 1.165) is 31.6 Å². The minimum Gasteiger partial charge on any atom is -0.337 e. The zero-order chi connectivity index (χ0) is 13.9. The summed E-state index contributed by atoms with van der Waals surface area (Å²) in [4.78, 5) is 14.5. The molecule has 1 saturated heterocycles. The van der Waals surface area contributed by atoms with E-state index >= 15 is 0 Å². The summed E-state index contributed by atoms with van der Waals surface area (Å²) in [5, 5.41) is 9.24. The summed E-state index contributed by atoms with van der Waals surface area (Å²) in [6.45, 7) is 1.56. The number of rotatable bonds is 2. The molecule has 0 bridgehead atoms. The molecule has 0 unspecified atom stereocenters. The molecule has 0 saturated carbocycles. The van der Waals surface area contributed by atoms with Crippen molar-refractivity contribution in [2.45, 2.75) is 12.8 Å². The van der Waals surface area contributed by atoms with Gasteiger partial charge in [-0.3, -0.25) is 4.79 Å². The zero-order valence-electron chi connectivity index (χ0n) is 11.1. The number of para-hydroxylation sites is 1. The Morgan fingerprint density at radius 3 is 2.45 bits per heavy atom. The number of hydrogen-bond donors (Lipinski definition) is 0. The molecular formula is C16H15N3O. The number of hydrogen-bond acceptors (Lipinski definition) is 2. The molecule has 3 rings (SSSR count). The third kappa shape index (κ3) is 2.08. The van der Waals surface area contributed by atoms with Crippen molar-refractivity contribution in [3.63, 3.8) is 0 Å². The van der Waals surface area contributed by atoms with Gasteiger partial charge in [0.2, 0.25) is 0 Å². The number of aromatic nitrogens is 1. The maximum absolute atomic E-state index is 12.6. The van der Waals surface area contributed by atoms with E-state index in [1.807, 2.05) is 35.2 Å². The molecule has 20 heavy (non-hydrogen) atoms. The number of likely N-dealkylation sites (tertiary alicyclic amines) is 1. The molecule has 4 nitrogen and oxygen atoms in total. The second kappa shape index (κ2) is 5.22. The van der Waals surface area contributed by atoms with Gasteiger partial charge < -0.3 is 9.47 Å². The maximum Gasteiger partial charge on any atom is 0.272 e. The summed E-state index contributed by atoms with van der Waals surface area (Å²) >= 11 is 0. The van der Waals surface area contributed by atoms with Crippen LogP contribution in [0, 0.1) is 11.3 Å². The van der Waals surface area contributed by atoms with Crippen molar-refractivity contribution < 1.29 is 4.79 Å². The second-order valence-electron chi connectivity index (χ2n) is 4.89. The fourth-order valence-corrected chi connectivity index (χ4v) is 2.61. The van der Waals surface area contributed by atoms with Crippen LogP contribution in [0.15, 0.2) is 42.6 Å². The van der Waals surface area contributed by atoms with Gasteiger partial charge in [0, 0.05) is 25.0 Å². The average molecular weight is 265 g/mol. The Kier molecular flexibility index (Phi) is 3.26. The van der Waals surface area contributed by atoms with Gasteiger partial charge in [-0.15, -0.1) is 0 Å². The maximum atomic E-state index is 12.6. The lowest BCUT2D eigenvalue weighted by atomic mass is 10.2. The Bertz CT molecular complexity index is 661. The van der Waals surface area contributed by atoms with E-state index in [4.69, 9.17) is 0 Å². The molecule has 1 amide bonds. The van der Waals surface area contributed by atoms with Crippen LogP contribution in [0.3, 0.4) is 0 Å². The molecule has 0 N–H and O–H groups in total. The van der Waals surface area contributed by atoms with Crippen LogP contribution in [0.1, 0.15) is 28.9 Å². The van der Waals surface area contributed by atoms with Crippen molar-refractivity contribution in [2.24, 2.45) is 0 Å². The van der Waals surface area contributed by atoms with Crippen LogP contribution in [-0.2, 0) is 0 Å². The fourth-order valence-electron chi connectivity index (χ4n) is 2.61. The third-order valence-corrected chi connectivity index (χ3v) is 3.64. The van der Waals surface area contributed by atoms with Gasteiger partial charge in [0.15, 0.2) is 0 Å². The monoisotopic (exact) mass is 265 g/mol. The van der Waals surface area contributed by atoms with Gasteiger partial charge in [0.1, 0.15) is 11.8 Å². The van der Waals surface area contributed by atoms with Crippen molar-refractivity contribution in [1.82, 2.24) is 9.47 Å². The van der Waals surface area contributed by atoms with Crippen LogP contribution >= 0.6 is 0 Å². The molecule has 1 aromatic heterocycles. The van der Waals surface area contributed by atoms with Gasteiger partial charge in [-0.25, -0.2) is 0 Å². The topological polar surface area (TPSA) is 49.0 Å². The molecule has 1 aliphatic rings. The first-order valence-electron chi connectivity index (χ1n) is 6.77. The van der Waals surface area contributed by atoms with Crippen molar-refractivity contribution in [3.8, 4) is 11.8 Å². The van der Waals surface area contributed by atoms with E-state index in [1.54, 1.807) is 16.8 Å². The molecule has 100 valence electrons. The van der Waals surface area contributed by atoms with Crippen molar-refractivity contribution >= 4 is 5.91 Å². The van der Waals surface area contributed by atoms with Gasteiger partial charge in [0.25, 0.3) is 5.91 Å². The van der Waals surface area contributed by atoms with E-state index in [1.165, 1.54) is 0 Å². The molecular weight excluding hydrogens is 250 g/mol. The Balaban J connectivity index is 2.07. The fraction of sp³-hybridized carbons (Fsp3) is 0.250. The van der Waals surface area contributed by atoms with E-state index in [0.29, 0.717) is 11.3 Å². The average Bonchev–Trinajstić information content (AvgIpc) is 3.16. The SMILES string of the molecule is N#Cc1ccn(-c2ccccc2)c1C(=O)N1CCCC1.